The molecule has 24 heavy (non-hydrogen) atoms. The molecule has 1 atom stereocenters. The van der Waals surface area contributed by atoms with Gasteiger partial charge >= 0.3 is 5.97 Å². The molecule has 0 fully saturated rings. The van der Waals surface area contributed by atoms with Gasteiger partial charge in [0.15, 0.2) is 0 Å². The molecule has 0 aliphatic rings. The van der Waals surface area contributed by atoms with Crippen LogP contribution < -0.4 is 5.32 Å². The Balaban J connectivity index is 2.00. The summed E-state index contributed by atoms with van der Waals surface area (Å²) in [5, 5.41) is 15.7. The summed E-state index contributed by atoms with van der Waals surface area (Å²) in [4.78, 5) is 23.0. The number of carbonyl (C=O) groups excluding carboxylic acids is 1. The van der Waals surface area contributed by atoms with Crippen LogP contribution in [-0.4, -0.2) is 26.8 Å². The van der Waals surface area contributed by atoms with E-state index in [0.29, 0.717) is 5.92 Å². The molecule has 0 spiro atoms. The van der Waals surface area contributed by atoms with E-state index in [1.165, 1.54) is 22.6 Å². The number of carboxylic acids is 1. The Bertz CT molecular complexity index is 705. The van der Waals surface area contributed by atoms with E-state index in [1.54, 1.807) is 0 Å². The zero-order valence-electron chi connectivity index (χ0n) is 14.2. The lowest BCUT2D eigenvalue weighted by atomic mass is 9.98. The molecular formula is C18H23N3O3. The first kappa shape index (κ1) is 17.7. The Morgan fingerprint density at radius 2 is 1.83 bits per heavy atom. The molecule has 6 heteroatoms. The van der Waals surface area contributed by atoms with E-state index in [1.807, 2.05) is 19.1 Å². The minimum absolute atomic E-state index is 0.00609. The predicted octanol–water partition coefficient (Wildman–Crippen LogP) is 2.97. The van der Waals surface area contributed by atoms with E-state index in [4.69, 9.17) is 5.11 Å². The van der Waals surface area contributed by atoms with Gasteiger partial charge in [-0.25, -0.2) is 4.79 Å². The number of aromatic nitrogens is 2. The normalized spacial score (nSPS) is 12.2. The number of hydrogen-bond acceptors (Lipinski definition) is 3. The third-order valence-corrected chi connectivity index (χ3v) is 3.93. The van der Waals surface area contributed by atoms with Crippen LogP contribution in [-0.2, 0) is 11.3 Å². The lowest BCUT2D eigenvalue weighted by molar-refractivity contribution is -0.122. The first-order chi connectivity index (χ1) is 11.4. The monoisotopic (exact) mass is 329 g/mol. The highest BCUT2D eigenvalue weighted by Gasteiger charge is 2.14. The number of nitrogens with one attached hydrogen (secondary N) is 1. The van der Waals surface area contributed by atoms with Gasteiger partial charge in [-0.3, -0.25) is 9.48 Å². The maximum absolute atomic E-state index is 12.2. The topological polar surface area (TPSA) is 84.2 Å². The first-order valence-electron chi connectivity index (χ1n) is 8.05. The summed E-state index contributed by atoms with van der Waals surface area (Å²) in [6, 6.07) is 8.18. The maximum atomic E-state index is 12.2. The second-order valence-corrected chi connectivity index (χ2v) is 6.08. The quantitative estimate of drug-likeness (QED) is 0.818. The van der Waals surface area contributed by atoms with Gasteiger partial charge in [-0.1, -0.05) is 45.0 Å². The van der Waals surface area contributed by atoms with Gasteiger partial charge in [-0.05, 0) is 23.5 Å². The highest BCUT2D eigenvalue weighted by Crippen LogP contribution is 2.20. The summed E-state index contributed by atoms with van der Waals surface area (Å²) in [6.45, 7) is 6.29. The predicted molar refractivity (Wildman–Crippen MR) is 90.9 cm³/mol. The molecule has 2 N–H and O–H groups in total. The van der Waals surface area contributed by atoms with Crippen LogP contribution in [0.3, 0.4) is 0 Å². The van der Waals surface area contributed by atoms with Crippen molar-refractivity contribution in [2.24, 2.45) is 0 Å². The Morgan fingerprint density at radius 3 is 2.33 bits per heavy atom. The third-order valence-electron chi connectivity index (χ3n) is 3.93. The molecule has 0 aliphatic carbocycles. The van der Waals surface area contributed by atoms with Gasteiger partial charge in [-0.15, -0.1) is 0 Å². The van der Waals surface area contributed by atoms with Gasteiger partial charge in [0.1, 0.15) is 6.54 Å². The van der Waals surface area contributed by atoms with Gasteiger partial charge in [-0.2, -0.15) is 5.10 Å². The zero-order valence-corrected chi connectivity index (χ0v) is 14.2. The van der Waals surface area contributed by atoms with Crippen LogP contribution in [0.1, 0.15) is 60.6 Å². The van der Waals surface area contributed by atoms with Crippen LogP contribution in [0, 0.1) is 0 Å². The summed E-state index contributed by atoms with van der Waals surface area (Å²) in [6.07, 6.45) is 3.35. The number of hydrogen-bond donors (Lipinski definition) is 2. The number of benzene rings is 1. The molecule has 128 valence electrons. The molecule has 0 bridgehead atoms. The van der Waals surface area contributed by atoms with Crippen molar-refractivity contribution < 1.29 is 14.7 Å². The minimum Gasteiger partial charge on any atom is -0.478 e. The largest absolute Gasteiger partial charge is 0.478 e. The summed E-state index contributed by atoms with van der Waals surface area (Å²) >= 11 is 0. The standard InChI is InChI=1S/C18H23N3O3/c1-4-16(14-7-5-13(6-8-14)12(2)3)20-17(22)11-21-10-15(9-19-21)18(23)24/h5-10,12,16H,4,11H2,1-3H3,(H,20,22)(H,23,24). The van der Waals surface area contributed by atoms with Crippen molar-refractivity contribution in [2.45, 2.75) is 45.7 Å². The van der Waals surface area contributed by atoms with Gasteiger partial charge in [0.25, 0.3) is 0 Å². The molecule has 1 aromatic carbocycles. The number of carbonyl (C=O) groups is 2. The van der Waals surface area contributed by atoms with Gasteiger partial charge in [0, 0.05) is 6.20 Å². The fourth-order valence-electron chi connectivity index (χ4n) is 2.48. The summed E-state index contributed by atoms with van der Waals surface area (Å²) in [7, 11) is 0. The lowest BCUT2D eigenvalue weighted by Crippen LogP contribution is -2.31. The molecular weight excluding hydrogens is 306 g/mol. The molecule has 0 aliphatic heterocycles. The summed E-state index contributed by atoms with van der Waals surface area (Å²) < 4.78 is 1.33. The van der Waals surface area contributed by atoms with Crippen molar-refractivity contribution in [2.75, 3.05) is 0 Å². The van der Waals surface area contributed by atoms with Crippen molar-refractivity contribution in [3.63, 3.8) is 0 Å². The van der Waals surface area contributed by atoms with E-state index in [0.717, 1.165) is 12.0 Å². The van der Waals surface area contributed by atoms with Gasteiger partial charge < -0.3 is 10.4 Å². The van der Waals surface area contributed by atoms with E-state index >= 15 is 0 Å². The van der Waals surface area contributed by atoms with Crippen molar-refractivity contribution in [1.82, 2.24) is 15.1 Å². The van der Waals surface area contributed by atoms with E-state index < -0.39 is 5.97 Å². The molecule has 1 unspecified atom stereocenters. The van der Waals surface area contributed by atoms with Crippen molar-refractivity contribution in [1.29, 1.82) is 0 Å². The molecule has 0 saturated carbocycles. The zero-order chi connectivity index (χ0) is 17.7. The van der Waals surface area contributed by atoms with Crippen LogP contribution in [0.2, 0.25) is 0 Å². The van der Waals surface area contributed by atoms with Crippen molar-refractivity contribution >= 4 is 11.9 Å². The minimum atomic E-state index is -1.06. The van der Waals surface area contributed by atoms with Gasteiger partial charge in [0.05, 0.1) is 17.8 Å². The third kappa shape index (κ3) is 4.44. The SMILES string of the molecule is CCC(NC(=O)Cn1cc(C(=O)O)cn1)c1ccc(C(C)C)cc1. The van der Waals surface area contributed by atoms with Gasteiger partial charge in [0.2, 0.25) is 5.91 Å². The van der Waals surface area contributed by atoms with Crippen LogP contribution in [0.5, 0.6) is 0 Å². The van der Waals surface area contributed by atoms with Crippen molar-refractivity contribution in [3.05, 3.63) is 53.3 Å². The Morgan fingerprint density at radius 1 is 1.21 bits per heavy atom. The number of aromatic carboxylic acids is 1. The Hall–Kier alpha value is -2.63. The van der Waals surface area contributed by atoms with E-state index in [-0.39, 0.29) is 24.1 Å². The van der Waals surface area contributed by atoms with E-state index in [9.17, 15) is 9.59 Å². The second kappa shape index (κ2) is 7.77. The number of carboxylic acid groups (broad SMARTS) is 1. The highest BCUT2D eigenvalue weighted by atomic mass is 16.4. The molecule has 1 amide bonds. The molecule has 1 heterocycles. The molecule has 0 saturated heterocycles. The van der Waals surface area contributed by atoms with Crippen LogP contribution in [0.15, 0.2) is 36.7 Å². The molecule has 2 rings (SSSR count). The molecule has 0 radical (unpaired) electrons. The molecule has 1 aromatic heterocycles. The summed E-state index contributed by atoms with van der Waals surface area (Å²) in [5.41, 5.74) is 2.39. The van der Waals surface area contributed by atoms with Crippen molar-refractivity contribution in [3.8, 4) is 0 Å². The molecule has 6 nitrogen and oxygen atoms in total. The fourth-order valence-corrected chi connectivity index (χ4v) is 2.48. The van der Waals surface area contributed by atoms with Crippen LogP contribution >= 0.6 is 0 Å². The number of nitrogens with zero attached hydrogens (tertiary/aromatic N) is 2. The van der Waals surface area contributed by atoms with E-state index in [2.05, 4.69) is 36.4 Å². The van der Waals surface area contributed by atoms with Crippen LogP contribution in [0.25, 0.3) is 0 Å². The Kier molecular flexibility index (Phi) is 5.73. The molecule has 2 aromatic rings. The average molecular weight is 329 g/mol. The summed E-state index contributed by atoms with van der Waals surface area (Å²) in [5.74, 6) is -0.787. The number of rotatable bonds is 7. The smallest absolute Gasteiger partial charge is 0.338 e. The fraction of sp³-hybridized carbons (Fsp3) is 0.389. The first-order valence-corrected chi connectivity index (χ1v) is 8.05. The average Bonchev–Trinajstić information content (AvgIpc) is 3.01. The van der Waals surface area contributed by atoms with Crippen LogP contribution in [0.4, 0.5) is 0 Å². The second-order valence-electron chi connectivity index (χ2n) is 6.08. The Labute approximate surface area is 141 Å². The lowest BCUT2D eigenvalue weighted by Gasteiger charge is -2.18. The highest BCUT2D eigenvalue weighted by molar-refractivity contribution is 5.87. The number of amides is 1. The maximum Gasteiger partial charge on any atom is 0.338 e.